The third-order valence-corrected chi connectivity index (χ3v) is 6.44. The molecular weight excluding hydrogens is 447 g/mol. The van der Waals surface area contributed by atoms with Crippen molar-refractivity contribution in [3.8, 4) is 0 Å². The number of hydrogen-bond donors (Lipinski definition) is 1. The Morgan fingerprint density at radius 1 is 0.912 bits per heavy atom. The highest BCUT2D eigenvalue weighted by Crippen LogP contribution is 2.19. The lowest BCUT2D eigenvalue weighted by molar-refractivity contribution is -0.139. The second kappa shape index (κ2) is 13.6. The summed E-state index contributed by atoms with van der Waals surface area (Å²) in [7, 11) is 0. The lowest BCUT2D eigenvalue weighted by Gasteiger charge is -2.31. The van der Waals surface area contributed by atoms with Crippen molar-refractivity contribution in [2.45, 2.75) is 38.1 Å². The third-order valence-electron chi connectivity index (χ3n) is 5.46. The van der Waals surface area contributed by atoms with Gasteiger partial charge in [-0.3, -0.25) is 9.59 Å². The Morgan fingerprint density at radius 3 is 2.18 bits per heavy atom. The van der Waals surface area contributed by atoms with Crippen molar-refractivity contribution in [2.24, 2.45) is 0 Å². The smallest absolute Gasteiger partial charge is 0.243 e. The monoisotopic (exact) mass is 478 g/mol. The van der Waals surface area contributed by atoms with Crippen LogP contribution in [0.15, 0.2) is 84.9 Å². The van der Waals surface area contributed by atoms with Gasteiger partial charge in [0.15, 0.2) is 0 Å². The molecule has 0 radical (unpaired) electrons. The number of thioether (sulfide) groups is 1. The fraction of sp³-hybridized carbons (Fsp3) is 0.286. The van der Waals surface area contributed by atoms with Gasteiger partial charge in [-0.2, -0.15) is 0 Å². The molecule has 3 aromatic carbocycles. The molecule has 1 N–H and O–H groups in total. The third kappa shape index (κ3) is 7.73. The molecule has 0 aliphatic rings. The van der Waals surface area contributed by atoms with Crippen molar-refractivity contribution >= 4 is 23.6 Å². The molecule has 0 fully saturated rings. The normalized spacial score (nSPS) is 11.6. The van der Waals surface area contributed by atoms with Crippen LogP contribution in [-0.4, -0.2) is 35.1 Å². The molecule has 3 rings (SSSR count). The quantitative estimate of drug-likeness (QED) is 0.388. The van der Waals surface area contributed by atoms with E-state index in [0.29, 0.717) is 24.3 Å². The molecule has 0 unspecified atom stereocenters. The lowest BCUT2D eigenvalue weighted by atomic mass is 10.0. The van der Waals surface area contributed by atoms with E-state index in [4.69, 9.17) is 0 Å². The van der Waals surface area contributed by atoms with Crippen LogP contribution in [0.2, 0.25) is 0 Å². The van der Waals surface area contributed by atoms with Crippen molar-refractivity contribution in [1.82, 2.24) is 10.2 Å². The molecule has 1 atom stereocenters. The summed E-state index contributed by atoms with van der Waals surface area (Å²) in [5, 5.41) is 2.94. The molecule has 0 saturated heterocycles. The molecular formula is C28H31FN2O2S. The van der Waals surface area contributed by atoms with E-state index in [1.54, 1.807) is 18.2 Å². The molecule has 0 bridgehead atoms. The summed E-state index contributed by atoms with van der Waals surface area (Å²) in [5.74, 6) is 0.103. The molecule has 6 heteroatoms. The Hall–Kier alpha value is -3.12. The average molecular weight is 479 g/mol. The minimum absolute atomic E-state index is 0.0362. The van der Waals surface area contributed by atoms with Gasteiger partial charge in [0.1, 0.15) is 11.9 Å². The maximum absolute atomic E-state index is 14.5. The molecule has 0 heterocycles. The average Bonchev–Trinajstić information content (AvgIpc) is 2.87. The van der Waals surface area contributed by atoms with E-state index in [1.165, 1.54) is 22.7 Å². The van der Waals surface area contributed by atoms with Crippen molar-refractivity contribution in [1.29, 1.82) is 0 Å². The molecule has 0 aromatic heterocycles. The van der Waals surface area contributed by atoms with Crippen LogP contribution in [-0.2, 0) is 28.3 Å². The molecule has 34 heavy (non-hydrogen) atoms. The van der Waals surface area contributed by atoms with Crippen LogP contribution in [0.1, 0.15) is 30.0 Å². The maximum Gasteiger partial charge on any atom is 0.243 e. The van der Waals surface area contributed by atoms with Gasteiger partial charge in [0.05, 0.1) is 5.75 Å². The molecule has 3 aromatic rings. The number of amides is 2. The SMILES string of the molecule is CCCNC(=O)[C@@H](Cc1ccccc1)N(Cc1ccccc1F)C(=O)CSCc1ccccc1. The number of hydrogen-bond acceptors (Lipinski definition) is 3. The Bertz CT molecular complexity index is 1050. The molecule has 0 aliphatic carbocycles. The number of halogens is 1. The Balaban J connectivity index is 1.84. The number of nitrogens with zero attached hydrogens (tertiary/aromatic N) is 1. The van der Waals surface area contributed by atoms with Crippen LogP contribution in [0, 0.1) is 5.82 Å². The Labute approximate surface area is 205 Å². The highest BCUT2D eigenvalue weighted by atomic mass is 32.2. The topological polar surface area (TPSA) is 49.4 Å². The van der Waals surface area contributed by atoms with Crippen LogP contribution in [0.25, 0.3) is 0 Å². The van der Waals surface area contributed by atoms with Gasteiger partial charge >= 0.3 is 0 Å². The van der Waals surface area contributed by atoms with E-state index < -0.39 is 6.04 Å². The fourth-order valence-corrected chi connectivity index (χ4v) is 4.51. The van der Waals surface area contributed by atoms with E-state index in [1.807, 2.05) is 67.6 Å². The van der Waals surface area contributed by atoms with Crippen LogP contribution >= 0.6 is 11.8 Å². The number of nitrogens with one attached hydrogen (secondary N) is 1. The van der Waals surface area contributed by atoms with Gasteiger partial charge in [-0.15, -0.1) is 11.8 Å². The Morgan fingerprint density at radius 2 is 1.53 bits per heavy atom. The van der Waals surface area contributed by atoms with E-state index in [9.17, 15) is 14.0 Å². The predicted molar refractivity (Wildman–Crippen MR) is 137 cm³/mol. The van der Waals surface area contributed by atoms with Crippen LogP contribution < -0.4 is 5.32 Å². The van der Waals surface area contributed by atoms with Crippen molar-refractivity contribution in [2.75, 3.05) is 12.3 Å². The Kier molecular flexibility index (Phi) is 10.2. The number of rotatable bonds is 12. The van der Waals surface area contributed by atoms with Gasteiger partial charge in [0, 0.05) is 30.8 Å². The van der Waals surface area contributed by atoms with Crippen LogP contribution in [0.4, 0.5) is 4.39 Å². The van der Waals surface area contributed by atoms with Crippen molar-refractivity contribution in [3.63, 3.8) is 0 Å². The molecule has 0 spiro atoms. The van der Waals surface area contributed by atoms with Gasteiger partial charge < -0.3 is 10.2 Å². The van der Waals surface area contributed by atoms with E-state index in [-0.39, 0.29) is 29.9 Å². The fourth-order valence-electron chi connectivity index (χ4n) is 3.64. The zero-order valence-corrected chi connectivity index (χ0v) is 20.3. The van der Waals surface area contributed by atoms with Crippen molar-refractivity contribution in [3.05, 3.63) is 107 Å². The number of carbonyl (C=O) groups is 2. The van der Waals surface area contributed by atoms with Gasteiger partial charge in [-0.05, 0) is 23.6 Å². The molecule has 0 aliphatic heterocycles. The first kappa shape index (κ1) is 25.5. The van der Waals surface area contributed by atoms with Gasteiger partial charge in [0.25, 0.3) is 0 Å². The predicted octanol–water partition coefficient (Wildman–Crippen LogP) is 5.23. The molecule has 0 saturated carbocycles. The van der Waals surface area contributed by atoms with Gasteiger partial charge in [-0.1, -0.05) is 85.8 Å². The number of carbonyl (C=O) groups excluding carboxylic acids is 2. The second-order valence-corrected chi connectivity index (χ2v) is 9.07. The summed E-state index contributed by atoms with van der Waals surface area (Å²) in [6.07, 6.45) is 1.15. The first-order chi connectivity index (χ1) is 16.6. The summed E-state index contributed by atoms with van der Waals surface area (Å²) in [4.78, 5) is 28.2. The highest BCUT2D eigenvalue weighted by molar-refractivity contribution is 7.99. The summed E-state index contributed by atoms with van der Waals surface area (Å²) < 4.78 is 14.5. The van der Waals surface area contributed by atoms with Crippen LogP contribution in [0.3, 0.4) is 0 Å². The van der Waals surface area contributed by atoms with Crippen LogP contribution in [0.5, 0.6) is 0 Å². The number of benzene rings is 3. The summed E-state index contributed by atoms with van der Waals surface area (Å²) in [6.45, 7) is 2.54. The van der Waals surface area contributed by atoms with E-state index in [2.05, 4.69) is 5.32 Å². The maximum atomic E-state index is 14.5. The second-order valence-electron chi connectivity index (χ2n) is 8.09. The zero-order chi connectivity index (χ0) is 24.2. The van der Waals surface area contributed by atoms with E-state index in [0.717, 1.165) is 17.5 Å². The molecule has 4 nitrogen and oxygen atoms in total. The minimum Gasteiger partial charge on any atom is -0.354 e. The van der Waals surface area contributed by atoms with E-state index >= 15 is 0 Å². The standard InChI is InChI=1S/C28H31FN2O2S/c1-2-17-30-28(33)26(18-22-11-5-3-6-12-22)31(19-24-15-9-10-16-25(24)29)27(32)21-34-20-23-13-7-4-8-14-23/h3-16,26H,2,17-21H2,1H3,(H,30,33)/t26-/m1/s1. The minimum atomic E-state index is -0.738. The highest BCUT2D eigenvalue weighted by Gasteiger charge is 2.30. The van der Waals surface area contributed by atoms with Gasteiger partial charge in [0.2, 0.25) is 11.8 Å². The summed E-state index contributed by atoms with van der Waals surface area (Å²) in [5.41, 5.74) is 2.47. The largest absolute Gasteiger partial charge is 0.354 e. The van der Waals surface area contributed by atoms with Crippen molar-refractivity contribution < 1.29 is 14.0 Å². The molecule has 2 amide bonds. The van der Waals surface area contributed by atoms with Gasteiger partial charge in [-0.25, -0.2) is 4.39 Å². The summed E-state index contributed by atoms with van der Waals surface area (Å²) in [6, 6.07) is 25.2. The first-order valence-corrected chi connectivity index (χ1v) is 12.7. The summed E-state index contributed by atoms with van der Waals surface area (Å²) >= 11 is 1.49. The zero-order valence-electron chi connectivity index (χ0n) is 19.5. The lowest BCUT2D eigenvalue weighted by Crippen LogP contribution is -2.51. The molecule has 178 valence electrons. The first-order valence-electron chi connectivity index (χ1n) is 11.5.